The van der Waals surface area contributed by atoms with Crippen LogP contribution in [0, 0.1) is 17.0 Å². The van der Waals surface area contributed by atoms with Crippen molar-refractivity contribution in [1.82, 2.24) is 30.6 Å². The lowest BCUT2D eigenvalue weighted by Gasteiger charge is -2.19. The maximum absolute atomic E-state index is 12.3. The lowest BCUT2D eigenvalue weighted by molar-refractivity contribution is -0.389. The lowest BCUT2D eigenvalue weighted by Crippen LogP contribution is -2.34. The Bertz CT molecular complexity index is 1160. The van der Waals surface area contributed by atoms with Crippen molar-refractivity contribution >= 4 is 17.6 Å². The minimum absolute atomic E-state index is 0.00305. The third kappa shape index (κ3) is 5.99. The van der Waals surface area contributed by atoms with Crippen molar-refractivity contribution in [3.63, 3.8) is 0 Å². The van der Waals surface area contributed by atoms with Gasteiger partial charge in [0.2, 0.25) is 0 Å². The van der Waals surface area contributed by atoms with Crippen molar-refractivity contribution < 1.29 is 19.0 Å². The van der Waals surface area contributed by atoms with Gasteiger partial charge in [-0.25, -0.2) is 0 Å². The molecule has 2 heterocycles. The van der Waals surface area contributed by atoms with Gasteiger partial charge in [0.15, 0.2) is 5.82 Å². The molecule has 0 aliphatic rings. The Morgan fingerprint density at radius 2 is 1.76 bits per heavy atom. The molecule has 0 radical (unpaired) electrons. The second-order valence-electron chi connectivity index (χ2n) is 8.41. The molecule has 0 aliphatic heterocycles. The Morgan fingerprint density at radius 3 is 2.33 bits per heavy atom. The summed E-state index contributed by atoms with van der Waals surface area (Å²) in [5.74, 6) is -1.24. The molecule has 12 nitrogen and oxygen atoms in total. The summed E-state index contributed by atoms with van der Waals surface area (Å²) in [4.78, 5) is 38.6. The first-order chi connectivity index (χ1) is 15.5. The summed E-state index contributed by atoms with van der Waals surface area (Å²) in [5, 5.41) is 23.7. The smallest absolute Gasteiger partial charge is 0.358 e. The second kappa shape index (κ2) is 9.59. The average molecular weight is 455 g/mol. The quantitative estimate of drug-likeness (QED) is 0.296. The van der Waals surface area contributed by atoms with Crippen molar-refractivity contribution in [2.75, 3.05) is 13.1 Å². The molecule has 3 rings (SSSR count). The topological polar surface area (TPSA) is 158 Å². The monoisotopic (exact) mass is 455 g/mol. The Labute approximate surface area is 189 Å². The normalized spacial score (nSPS) is 11.3. The van der Waals surface area contributed by atoms with E-state index in [4.69, 9.17) is 4.52 Å². The van der Waals surface area contributed by atoms with Crippen molar-refractivity contribution in [3.8, 4) is 0 Å². The molecular formula is C21H25N7O5. The summed E-state index contributed by atoms with van der Waals surface area (Å²) in [6.07, 6.45) is 0. The highest BCUT2D eigenvalue weighted by Crippen LogP contribution is 2.22. The van der Waals surface area contributed by atoms with E-state index in [0.717, 1.165) is 5.56 Å². The number of nitrogens with zero attached hydrogens (tertiary/aromatic N) is 5. The van der Waals surface area contributed by atoms with Crippen LogP contribution in [0.3, 0.4) is 0 Å². The zero-order chi connectivity index (χ0) is 24.2. The summed E-state index contributed by atoms with van der Waals surface area (Å²) in [5.41, 5.74) is 2.21. The first-order valence-corrected chi connectivity index (χ1v) is 10.2. The molecule has 2 amide bonds. The van der Waals surface area contributed by atoms with Crippen molar-refractivity contribution in [1.29, 1.82) is 0 Å². The van der Waals surface area contributed by atoms with Crippen LogP contribution < -0.4 is 10.6 Å². The molecule has 0 saturated carbocycles. The molecule has 33 heavy (non-hydrogen) atoms. The van der Waals surface area contributed by atoms with Crippen LogP contribution in [0.25, 0.3) is 0 Å². The van der Waals surface area contributed by atoms with E-state index in [9.17, 15) is 19.7 Å². The summed E-state index contributed by atoms with van der Waals surface area (Å²) in [6, 6.07) is 8.70. The molecule has 0 unspecified atom stereocenters. The number of nitrogens with one attached hydrogen (secondary N) is 2. The highest BCUT2D eigenvalue weighted by Gasteiger charge is 2.20. The van der Waals surface area contributed by atoms with E-state index in [-0.39, 0.29) is 48.5 Å². The third-order valence-corrected chi connectivity index (χ3v) is 4.82. The van der Waals surface area contributed by atoms with Gasteiger partial charge in [0.25, 0.3) is 5.91 Å². The van der Waals surface area contributed by atoms with Crippen molar-refractivity contribution in [2.45, 2.75) is 39.7 Å². The molecule has 0 atom stereocenters. The van der Waals surface area contributed by atoms with E-state index in [1.54, 1.807) is 19.1 Å². The number of benzene rings is 1. The van der Waals surface area contributed by atoms with E-state index in [2.05, 4.69) is 46.6 Å². The molecular weight excluding hydrogens is 430 g/mol. The van der Waals surface area contributed by atoms with E-state index in [0.29, 0.717) is 11.3 Å². The average Bonchev–Trinajstić information content (AvgIpc) is 3.38. The highest BCUT2D eigenvalue weighted by molar-refractivity contribution is 5.94. The number of rotatable bonds is 8. The van der Waals surface area contributed by atoms with Crippen LogP contribution in [0.1, 0.15) is 58.9 Å². The minimum atomic E-state index is -0.599. The largest absolute Gasteiger partial charge is 0.390 e. The van der Waals surface area contributed by atoms with Gasteiger partial charge in [-0.2, -0.15) is 9.67 Å². The predicted molar refractivity (Wildman–Crippen MR) is 117 cm³/mol. The Kier molecular flexibility index (Phi) is 6.85. The van der Waals surface area contributed by atoms with Crippen LogP contribution in [0.5, 0.6) is 0 Å². The van der Waals surface area contributed by atoms with Crippen LogP contribution >= 0.6 is 0 Å². The molecule has 0 fully saturated rings. The number of aromatic nitrogens is 4. The number of hydrogen-bond acceptors (Lipinski definition) is 8. The fraction of sp³-hybridized carbons (Fsp3) is 0.381. The first-order valence-electron chi connectivity index (χ1n) is 10.2. The minimum Gasteiger partial charge on any atom is -0.358 e. The number of aryl methyl sites for hydroxylation is 1. The summed E-state index contributed by atoms with van der Waals surface area (Å²) >= 11 is 0. The van der Waals surface area contributed by atoms with Gasteiger partial charge in [-0.3, -0.25) is 9.59 Å². The first kappa shape index (κ1) is 23.6. The van der Waals surface area contributed by atoms with Gasteiger partial charge in [0.1, 0.15) is 6.54 Å². The predicted octanol–water partition coefficient (Wildman–Crippen LogP) is 1.99. The lowest BCUT2D eigenvalue weighted by atomic mass is 9.87. The molecule has 2 aromatic heterocycles. The zero-order valence-electron chi connectivity index (χ0n) is 18.8. The van der Waals surface area contributed by atoms with Crippen LogP contribution in [-0.4, -0.2) is 49.7 Å². The van der Waals surface area contributed by atoms with Gasteiger partial charge >= 0.3 is 17.6 Å². The van der Waals surface area contributed by atoms with Crippen LogP contribution in [0.2, 0.25) is 0 Å². The molecule has 0 aliphatic carbocycles. The highest BCUT2D eigenvalue weighted by atomic mass is 16.6. The van der Waals surface area contributed by atoms with Gasteiger partial charge in [-0.05, 0) is 35.0 Å². The Morgan fingerprint density at radius 1 is 1.12 bits per heavy atom. The molecule has 3 aromatic rings. The number of hydrogen-bond donors (Lipinski definition) is 2. The van der Waals surface area contributed by atoms with Gasteiger partial charge in [0.05, 0.1) is 16.9 Å². The van der Waals surface area contributed by atoms with Crippen LogP contribution in [0.15, 0.2) is 34.9 Å². The molecule has 12 heteroatoms. The summed E-state index contributed by atoms with van der Waals surface area (Å²) < 4.78 is 6.28. The maximum atomic E-state index is 12.3. The fourth-order valence-corrected chi connectivity index (χ4v) is 2.94. The fourth-order valence-electron chi connectivity index (χ4n) is 2.94. The van der Waals surface area contributed by atoms with E-state index in [1.165, 1.54) is 10.7 Å². The molecule has 1 aromatic carbocycles. The SMILES string of the molecule is Cc1cc([N+](=O)[O-])nn1Cc1noc(C(=O)NCCNC(=O)c2ccc(C(C)(C)C)cc2)n1. The number of carbonyl (C=O) groups is 2. The van der Waals surface area contributed by atoms with Gasteiger partial charge in [-0.15, -0.1) is 0 Å². The molecule has 0 spiro atoms. The van der Waals surface area contributed by atoms with Crippen LogP contribution in [0.4, 0.5) is 5.82 Å². The standard InChI is InChI=1S/C21H25N7O5/c1-13-11-17(28(31)32)25-27(13)12-16-24-20(33-26-16)19(30)23-10-9-22-18(29)14-5-7-15(8-6-14)21(2,3)4/h5-8,11H,9-10,12H2,1-4H3,(H,22,29)(H,23,30). The number of nitro groups is 1. The zero-order valence-corrected chi connectivity index (χ0v) is 18.8. The van der Waals surface area contributed by atoms with Crippen molar-refractivity contribution in [3.05, 3.63) is 69.0 Å². The van der Waals surface area contributed by atoms with Crippen molar-refractivity contribution in [2.24, 2.45) is 0 Å². The number of amides is 2. The summed E-state index contributed by atoms with van der Waals surface area (Å²) in [6.45, 7) is 8.34. The van der Waals surface area contributed by atoms with Gasteiger partial charge < -0.3 is 25.3 Å². The van der Waals surface area contributed by atoms with Gasteiger partial charge in [0, 0.05) is 18.7 Å². The molecule has 0 saturated heterocycles. The van der Waals surface area contributed by atoms with Gasteiger partial charge in [-0.1, -0.05) is 38.1 Å². The Hall–Kier alpha value is -4.09. The third-order valence-electron chi connectivity index (χ3n) is 4.82. The molecule has 0 bridgehead atoms. The number of carbonyl (C=O) groups excluding carboxylic acids is 2. The Balaban J connectivity index is 1.46. The summed E-state index contributed by atoms with van der Waals surface area (Å²) in [7, 11) is 0. The van der Waals surface area contributed by atoms with E-state index < -0.39 is 10.8 Å². The molecule has 174 valence electrons. The van der Waals surface area contributed by atoms with Crippen LogP contribution in [-0.2, 0) is 12.0 Å². The van der Waals surface area contributed by atoms with E-state index in [1.807, 2.05) is 12.1 Å². The molecule has 2 N–H and O–H groups in total. The maximum Gasteiger partial charge on any atom is 0.390 e. The van der Waals surface area contributed by atoms with E-state index >= 15 is 0 Å². The second-order valence-corrected chi connectivity index (χ2v) is 8.41.